The topological polar surface area (TPSA) is 26.0 Å². The van der Waals surface area contributed by atoms with Crippen molar-refractivity contribution in [2.45, 2.75) is 17.7 Å². The van der Waals surface area contributed by atoms with Gasteiger partial charge in [-0.2, -0.15) is 24.9 Å². The molecule has 0 fully saturated rings. The second-order valence-corrected chi connectivity index (χ2v) is 5.96. The number of rotatable bonds is 4. The number of anilines is 1. The highest BCUT2D eigenvalue weighted by Gasteiger charge is 2.33. The summed E-state index contributed by atoms with van der Waals surface area (Å²) in [6, 6.07) is 11.2. The van der Waals surface area contributed by atoms with Crippen LogP contribution in [-0.4, -0.2) is 0 Å². The summed E-state index contributed by atoms with van der Waals surface area (Å²) in [5, 5.41) is 0.640. The van der Waals surface area contributed by atoms with Crippen molar-refractivity contribution < 1.29 is 13.2 Å². The van der Waals surface area contributed by atoms with Gasteiger partial charge in [-0.15, -0.1) is 0 Å². The summed E-state index contributed by atoms with van der Waals surface area (Å²) in [4.78, 5) is 0. The van der Waals surface area contributed by atoms with E-state index < -0.39 is 11.7 Å². The third-order valence-electron chi connectivity index (χ3n) is 2.88. The van der Waals surface area contributed by atoms with Crippen molar-refractivity contribution in [3.05, 3.63) is 64.2 Å². The van der Waals surface area contributed by atoms with Gasteiger partial charge in [0.2, 0.25) is 0 Å². The van der Waals surface area contributed by atoms with Crippen molar-refractivity contribution in [1.82, 2.24) is 0 Å². The minimum atomic E-state index is -4.38. The van der Waals surface area contributed by atoms with E-state index in [4.69, 9.17) is 17.3 Å². The zero-order valence-electron chi connectivity index (χ0n) is 11.0. The summed E-state index contributed by atoms with van der Waals surface area (Å²) in [7, 11) is 0. The Kier molecular flexibility index (Phi) is 5.06. The molecule has 0 amide bonds. The molecule has 0 bridgehead atoms. The summed E-state index contributed by atoms with van der Waals surface area (Å²) >= 11 is 7.20. The van der Waals surface area contributed by atoms with Crippen molar-refractivity contribution in [3.63, 3.8) is 0 Å². The number of thioether (sulfide) groups is 1. The highest BCUT2D eigenvalue weighted by atomic mass is 35.5. The van der Waals surface area contributed by atoms with Crippen LogP contribution in [0.4, 0.5) is 18.9 Å². The normalized spacial score (nSPS) is 11.6. The minimum absolute atomic E-state index is 0.119. The predicted octanol–water partition coefficient (Wildman–Crippen LogP) is 5.37. The lowest BCUT2D eigenvalue weighted by Gasteiger charge is -2.13. The highest BCUT2D eigenvalue weighted by Crippen LogP contribution is 2.35. The fourth-order valence-electron chi connectivity index (χ4n) is 1.84. The first-order chi connectivity index (χ1) is 9.86. The van der Waals surface area contributed by atoms with E-state index in [2.05, 4.69) is 0 Å². The molecule has 0 aromatic heterocycles. The average molecular weight is 332 g/mol. The molecular weight excluding hydrogens is 319 g/mol. The van der Waals surface area contributed by atoms with Crippen molar-refractivity contribution in [2.24, 2.45) is 0 Å². The van der Waals surface area contributed by atoms with E-state index in [1.165, 1.54) is 23.9 Å². The predicted molar refractivity (Wildman–Crippen MR) is 82.3 cm³/mol. The zero-order valence-corrected chi connectivity index (χ0v) is 12.5. The van der Waals surface area contributed by atoms with Crippen LogP contribution in [0, 0.1) is 0 Å². The maximum absolute atomic E-state index is 12.9. The van der Waals surface area contributed by atoms with Crippen LogP contribution in [0.1, 0.15) is 16.7 Å². The van der Waals surface area contributed by atoms with E-state index in [0.717, 1.165) is 11.6 Å². The molecule has 0 saturated heterocycles. The third-order valence-corrected chi connectivity index (χ3v) is 4.18. The fourth-order valence-corrected chi connectivity index (χ4v) is 2.97. The van der Waals surface area contributed by atoms with Crippen LogP contribution in [0.15, 0.2) is 42.5 Å². The molecule has 2 rings (SSSR count). The number of alkyl halides is 3. The molecule has 0 heterocycles. The van der Waals surface area contributed by atoms with E-state index in [-0.39, 0.29) is 17.0 Å². The Bertz CT molecular complexity index is 611. The molecule has 2 aromatic rings. The van der Waals surface area contributed by atoms with Crippen LogP contribution in [0.3, 0.4) is 0 Å². The van der Waals surface area contributed by atoms with E-state index in [0.29, 0.717) is 10.8 Å². The standard InChI is InChI=1S/C15H13ClF3NS/c16-12-4-1-10(2-5-12)8-21-9-11-3-6-13(20)7-14(11)15(17,18)19/h1-7H,8-9,20H2. The van der Waals surface area contributed by atoms with Gasteiger partial charge in [-0.05, 0) is 35.4 Å². The van der Waals surface area contributed by atoms with E-state index in [9.17, 15) is 13.2 Å². The van der Waals surface area contributed by atoms with Gasteiger partial charge in [0.1, 0.15) is 0 Å². The Morgan fingerprint density at radius 2 is 1.67 bits per heavy atom. The minimum Gasteiger partial charge on any atom is -0.399 e. The number of halogens is 4. The molecule has 0 aliphatic heterocycles. The van der Waals surface area contributed by atoms with Crippen molar-refractivity contribution in [1.29, 1.82) is 0 Å². The van der Waals surface area contributed by atoms with Crippen LogP contribution >= 0.6 is 23.4 Å². The molecule has 0 aliphatic carbocycles. The number of hydrogen-bond acceptors (Lipinski definition) is 2. The SMILES string of the molecule is Nc1ccc(CSCc2ccc(Cl)cc2)c(C(F)(F)F)c1. The Morgan fingerprint density at radius 3 is 2.29 bits per heavy atom. The molecular formula is C15H13ClF3NS. The molecule has 21 heavy (non-hydrogen) atoms. The number of nitrogens with two attached hydrogens (primary N) is 1. The molecule has 0 unspecified atom stereocenters. The van der Waals surface area contributed by atoms with E-state index >= 15 is 0 Å². The summed E-state index contributed by atoms with van der Waals surface area (Å²) in [5.74, 6) is 0.899. The number of hydrogen-bond donors (Lipinski definition) is 1. The Morgan fingerprint density at radius 1 is 1.00 bits per heavy atom. The zero-order chi connectivity index (χ0) is 15.5. The number of nitrogen functional groups attached to an aromatic ring is 1. The maximum atomic E-state index is 12.9. The van der Waals surface area contributed by atoms with E-state index in [1.54, 1.807) is 12.1 Å². The first kappa shape index (κ1) is 16.0. The first-order valence-corrected chi connectivity index (χ1v) is 7.67. The highest BCUT2D eigenvalue weighted by molar-refractivity contribution is 7.97. The monoisotopic (exact) mass is 331 g/mol. The second-order valence-electron chi connectivity index (χ2n) is 4.53. The summed E-state index contributed by atoms with van der Waals surface area (Å²) in [6.45, 7) is 0. The Balaban J connectivity index is 2.05. The molecule has 0 spiro atoms. The van der Waals surface area contributed by atoms with Crippen LogP contribution in [-0.2, 0) is 17.7 Å². The maximum Gasteiger partial charge on any atom is 0.416 e. The molecule has 0 atom stereocenters. The molecule has 2 aromatic carbocycles. The average Bonchev–Trinajstić information content (AvgIpc) is 2.41. The molecule has 0 saturated carbocycles. The molecule has 6 heteroatoms. The molecule has 1 nitrogen and oxygen atoms in total. The van der Waals surface area contributed by atoms with Gasteiger partial charge < -0.3 is 5.73 Å². The smallest absolute Gasteiger partial charge is 0.399 e. The van der Waals surface area contributed by atoms with Gasteiger partial charge >= 0.3 is 6.18 Å². The van der Waals surface area contributed by atoms with Crippen LogP contribution in [0.2, 0.25) is 5.02 Å². The van der Waals surface area contributed by atoms with Gasteiger partial charge in [-0.3, -0.25) is 0 Å². The third kappa shape index (κ3) is 4.58. The van der Waals surface area contributed by atoms with Gasteiger partial charge in [-0.25, -0.2) is 0 Å². The molecule has 0 radical (unpaired) electrons. The Labute approximate surface area is 130 Å². The fraction of sp³-hybridized carbons (Fsp3) is 0.200. The molecule has 112 valence electrons. The summed E-state index contributed by atoms with van der Waals surface area (Å²) in [6.07, 6.45) is -4.38. The lowest BCUT2D eigenvalue weighted by atomic mass is 10.1. The van der Waals surface area contributed by atoms with E-state index in [1.807, 2.05) is 12.1 Å². The van der Waals surface area contributed by atoms with Crippen LogP contribution in [0.25, 0.3) is 0 Å². The number of benzene rings is 2. The van der Waals surface area contributed by atoms with Gasteiger partial charge in [0, 0.05) is 22.2 Å². The quantitative estimate of drug-likeness (QED) is 0.762. The molecule has 0 aliphatic rings. The van der Waals surface area contributed by atoms with Crippen molar-refractivity contribution >= 4 is 29.1 Å². The first-order valence-electron chi connectivity index (χ1n) is 6.14. The summed E-state index contributed by atoms with van der Waals surface area (Å²) in [5.41, 5.74) is 6.16. The van der Waals surface area contributed by atoms with Crippen molar-refractivity contribution in [3.8, 4) is 0 Å². The van der Waals surface area contributed by atoms with Crippen LogP contribution < -0.4 is 5.73 Å². The lowest BCUT2D eigenvalue weighted by Crippen LogP contribution is -2.09. The van der Waals surface area contributed by atoms with Crippen LogP contribution in [0.5, 0.6) is 0 Å². The second kappa shape index (κ2) is 6.62. The van der Waals surface area contributed by atoms with Crippen molar-refractivity contribution in [2.75, 3.05) is 5.73 Å². The largest absolute Gasteiger partial charge is 0.416 e. The van der Waals surface area contributed by atoms with Gasteiger partial charge in [0.15, 0.2) is 0 Å². The molecule has 2 N–H and O–H groups in total. The summed E-state index contributed by atoms with van der Waals surface area (Å²) < 4.78 is 38.8. The van der Waals surface area contributed by atoms with Gasteiger partial charge in [0.25, 0.3) is 0 Å². The Hall–Kier alpha value is -1.33. The van der Waals surface area contributed by atoms with Gasteiger partial charge in [-0.1, -0.05) is 29.8 Å². The van der Waals surface area contributed by atoms with Gasteiger partial charge in [0.05, 0.1) is 5.56 Å². The lowest BCUT2D eigenvalue weighted by molar-refractivity contribution is -0.138.